The zero-order valence-electron chi connectivity index (χ0n) is 40.5. The van der Waals surface area contributed by atoms with Gasteiger partial charge >= 0.3 is 5.97 Å². The van der Waals surface area contributed by atoms with Gasteiger partial charge in [-0.1, -0.05) is 65.2 Å². The van der Waals surface area contributed by atoms with Crippen LogP contribution in [0.4, 0.5) is 0 Å². The third kappa shape index (κ3) is 49.1. The number of unbranched alkanes of at least 4 members (excludes halogenated alkanes) is 8. The Morgan fingerprint density at radius 3 is 0.873 bits per heavy atom. The molecule has 4 heterocycles. The van der Waals surface area contributed by atoms with Crippen LogP contribution >= 0.6 is 0 Å². The molecule has 358 valence electrons. The van der Waals surface area contributed by atoms with Gasteiger partial charge in [-0.05, 0) is 74.7 Å². The third-order valence-corrected chi connectivity index (χ3v) is 8.88. The van der Waals surface area contributed by atoms with Crippen molar-refractivity contribution in [1.29, 1.82) is 0 Å². The van der Waals surface area contributed by atoms with E-state index in [4.69, 9.17) is 22.6 Å². The van der Waals surface area contributed by atoms with Crippen molar-refractivity contribution in [2.45, 2.75) is 199 Å². The Labute approximate surface area is 431 Å². The molecule has 0 fully saturated rings. The third-order valence-electron chi connectivity index (χ3n) is 8.88. The molecule has 0 unspecified atom stereocenters. The fourth-order valence-corrected chi connectivity index (χ4v) is 5.00. The molecular formula is C44H83N8O8SY2+. The van der Waals surface area contributed by atoms with Gasteiger partial charge in [0.2, 0.25) is 25.3 Å². The minimum Gasteiger partial charge on any atom is -0.759 e. The average Bonchev–Trinajstić information content (AvgIpc) is 4.08. The fourth-order valence-electron chi connectivity index (χ4n) is 5.00. The summed E-state index contributed by atoms with van der Waals surface area (Å²) < 4.78 is 51.3. The first kappa shape index (κ1) is 69.9. The second kappa shape index (κ2) is 47.8. The van der Waals surface area contributed by atoms with Crippen LogP contribution in [0.15, 0.2) is 74.9 Å². The van der Waals surface area contributed by atoms with Crippen LogP contribution in [0.5, 0.6) is 0 Å². The normalized spacial score (nSPS) is 9.71. The number of imidazole rings is 4. The van der Waals surface area contributed by atoms with Crippen molar-refractivity contribution in [2.24, 2.45) is 0 Å². The predicted octanol–water partition coefficient (Wildman–Crippen LogP) is 5.45. The van der Waals surface area contributed by atoms with Crippen molar-refractivity contribution in [3.63, 3.8) is 0 Å². The molecule has 0 aliphatic carbocycles. The first-order valence-corrected chi connectivity index (χ1v) is 23.6. The second-order valence-corrected chi connectivity index (χ2v) is 14.6. The van der Waals surface area contributed by atoms with Crippen LogP contribution in [0, 0.1) is 0 Å². The van der Waals surface area contributed by atoms with Crippen molar-refractivity contribution in [2.75, 3.05) is 0 Å². The van der Waals surface area contributed by atoms with Gasteiger partial charge in [-0.25, -0.2) is 36.5 Å². The quantitative estimate of drug-likeness (QED) is 0.0523. The monoisotopic (exact) mass is 1060 g/mol. The summed E-state index contributed by atoms with van der Waals surface area (Å²) in [7, 11) is -5.17. The summed E-state index contributed by atoms with van der Waals surface area (Å²) in [6.45, 7) is 29.9. The van der Waals surface area contributed by atoms with Crippen LogP contribution in [0.3, 0.4) is 0 Å². The van der Waals surface area contributed by atoms with E-state index in [0.29, 0.717) is 6.42 Å². The van der Waals surface area contributed by atoms with Crippen molar-refractivity contribution < 1.29 is 121 Å². The van der Waals surface area contributed by atoms with E-state index in [1.54, 1.807) is 0 Å². The molecule has 0 aliphatic rings. The molecule has 0 spiro atoms. The summed E-state index contributed by atoms with van der Waals surface area (Å²) in [5.41, 5.74) is 0. The maximum absolute atomic E-state index is 10.0. The van der Waals surface area contributed by atoms with Crippen LogP contribution in [-0.2, 0) is 138 Å². The van der Waals surface area contributed by atoms with E-state index in [1.807, 2.05) is 0 Å². The maximum Gasteiger partial charge on any atom is 0.303 e. The molecule has 0 amide bonds. The van der Waals surface area contributed by atoms with Crippen molar-refractivity contribution >= 4 is 22.3 Å². The van der Waals surface area contributed by atoms with Crippen LogP contribution in [0.25, 0.3) is 0 Å². The predicted molar refractivity (Wildman–Crippen MR) is 234 cm³/mol. The number of carboxylic acid groups (broad SMARTS) is 2. The molecule has 19 heteroatoms. The van der Waals surface area contributed by atoms with Gasteiger partial charge in [0.15, 0.2) is 0 Å². The number of hydrogen-bond donors (Lipinski definition) is 1. The number of carbonyl (C=O) groups excluding carboxylic acids is 1. The SMILES string of the molecule is CCCCCCCC(=O)O.CCCCCCCC(=O)[O-].CCn1cc[n+](CC)c1.CCn1cc[n+](CC)c1.CCn1cc[n+](CC)c1.CCn1cc[n+](CC)c1.O=S(=O)([O-])[O-].[Y].[Y]. The van der Waals surface area contributed by atoms with E-state index in [0.717, 1.165) is 84.5 Å². The molecule has 0 aromatic carbocycles. The van der Waals surface area contributed by atoms with Crippen LogP contribution < -0.4 is 23.4 Å². The number of aliphatic carboxylic acids is 2. The standard InChI is InChI=1S/2C8H16O2.4C7H13N2.H2O4S.2Y/c2*1-2-3-4-5-6-7-8(9)10;4*1-3-8-5-6-9(4-2)7-8;1-5(2,3)4;;/h2*2-7H2,1H3,(H,9,10);4*5-7H,3-4H2,1-2H3;(H2,1,2,3,4);;/q;;4*+1;;;/p-3. The number of carbonyl (C=O) groups is 2. The van der Waals surface area contributed by atoms with Crippen molar-refractivity contribution in [1.82, 2.24) is 18.3 Å². The van der Waals surface area contributed by atoms with Gasteiger partial charge in [0.25, 0.3) is 0 Å². The Morgan fingerprint density at radius 2 is 0.714 bits per heavy atom. The second-order valence-electron chi connectivity index (χ2n) is 13.8. The number of rotatable bonds is 20. The van der Waals surface area contributed by atoms with Gasteiger partial charge in [0, 0.05) is 88.2 Å². The van der Waals surface area contributed by atoms with Crippen LogP contribution in [-0.4, -0.2) is 52.8 Å². The van der Waals surface area contributed by atoms with Gasteiger partial charge < -0.3 is 24.1 Å². The average molecular weight is 1060 g/mol. The summed E-state index contributed by atoms with van der Waals surface area (Å²) in [5.74, 6) is -1.59. The van der Waals surface area contributed by atoms with Gasteiger partial charge in [-0.15, -0.1) is 0 Å². The van der Waals surface area contributed by atoms with Crippen molar-refractivity contribution in [3.05, 3.63) is 74.9 Å². The molecular weight excluding hydrogens is 978 g/mol. The number of nitrogens with zero attached hydrogens (tertiary/aromatic N) is 8. The molecule has 16 nitrogen and oxygen atoms in total. The summed E-state index contributed by atoms with van der Waals surface area (Å²) >= 11 is 0. The van der Waals surface area contributed by atoms with E-state index in [2.05, 4.69) is 181 Å². The summed E-state index contributed by atoms with van der Waals surface area (Å²) in [6, 6.07) is 0. The van der Waals surface area contributed by atoms with E-state index in [1.165, 1.54) is 32.1 Å². The molecule has 4 aromatic heterocycles. The molecule has 63 heavy (non-hydrogen) atoms. The summed E-state index contributed by atoms with van der Waals surface area (Å²) in [5, 5.41) is 18.2. The minimum absolute atomic E-state index is 0. The molecule has 0 aliphatic heterocycles. The number of hydrogen-bond acceptors (Lipinski definition) is 7. The van der Waals surface area contributed by atoms with Gasteiger partial charge in [-0.3, -0.25) is 13.2 Å². The summed E-state index contributed by atoms with van der Waals surface area (Å²) in [4.78, 5) is 20.0. The molecule has 0 saturated heterocycles. The maximum atomic E-state index is 10.0. The minimum atomic E-state index is -5.17. The topological polar surface area (TPSA) is 193 Å². The Balaban J connectivity index is -0.000000208. The molecule has 0 atom stereocenters. The zero-order chi connectivity index (χ0) is 46.9. The fraction of sp³-hybridized carbons (Fsp3) is 0.682. The Hall–Kier alpha value is -2.14. The molecule has 1 N–H and O–H groups in total. The summed E-state index contributed by atoms with van der Waals surface area (Å²) in [6.07, 6.45) is 36.6. The largest absolute Gasteiger partial charge is 0.759 e. The van der Waals surface area contributed by atoms with Gasteiger partial charge in [0.05, 0.1) is 52.4 Å². The zero-order valence-corrected chi connectivity index (χ0v) is 47.0. The first-order valence-electron chi connectivity index (χ1n) is 22.3. The van der Waals surface area contributed by atoms with Crippen LogP contribution in [0.1, 0.15) is 146 Å². The van der Waals surface area contributed by atoms with E-state index in [-0.39, 0.29) is 71.8 Å². The number of aromatic nitrogens is 8. The van der Waals surface area contributed by atoms with Crippen LogP contribution in [0.2, 0.25) is 0 Å². The van der Waals surface area contributed by atoms with Crippen molar-refractivity contribution in [3.8, 4) is 0 Å². The molecule has 4 aromatic rings. The molecule has 0 bridgehead atoms. The number of carboxylic acids is 2. The van der Waals surface area contributed by atoms with Gasteiger partial charge in [-0.2, -0.15) is 0 Å². The van der Waals surface area contributed by atoms with Gasteiger partial charge in [0.1, 0.15) is 49.6 Å². The molecule has 2 radical (unpaired) electrons. The molecule has 0 saturated carbocycles. The first-order chi connectivity index (χ1) is 29.0. The Morgan fingerprint density at radius 1 is 0.476 bits per heavy atom. The van der Waals surface area contributed by atoms with E-state index < -0.39 is 22.3 Å². The Kier molecular flexibility index (Phi) is 53.0. The smallest absolute Gasteiger partial charge is 0.303 e. The molecule has 4 rings (SSSR count). The van der Waals surface area contributed by atoms with E-state index >= 15 is 0 Å². The van der Waals surface area contributed by atoms with E-state index in [9.17, 15) is 14.7 Å². The Bertz CT molecular complexity index is 1440. The number of aryl methyl sites for hydroxylation is 8.